The molecule has 0 unspecified atom stereocenters. The molecule has 6 rings (SSSR count). The Morgan fingerprint density at radius 1 is 0.269 bits per heavy atom. The van der Waals surface area contributed by atoms with Crippen LogP contribution in [0.3, 0.4) is 0 Å². The molecule has 0 saturated carbocycles. The molecule has 0 radical (unpaired) electrons. The number of benzene rings is 6. The van der Waals surface area contributed by atoms with Crippen LogP contribution in [0.4, 0.5) is 0 Å². The summed E-state index contributed by atoms with van der Waals surface area (Å²) in [5.41, 5.74) is 2.64. The molecule has 0 aromatic heterocycles. The average Bonchev–Trinajstić information content (AvgIpc) is 3.25. The van der Waals surface area contributed by atoms with Crippen LogP contribution in [0.5, 0.6) is 0 Å². The summed E-state index contributed by atoms with van der Waals surface area (Å²) in [5.74, 6) is 0. The highest BCUT2D eigenvalue weighted by Crippen LogP contribution is 2.33. The molecule has 282 valence electrons. The highest BCUT2D eigenvalue weighted by atomic mass is 32.2. The number of hydrogen-bond acceptors (Lipinski definition) is 1. The maximum atomic E-state index is 2.27. The van der Waals surface area contributed by atoms with E-state index in [1.165, 1.54) is 35.6 Å². The van der Waals surface area contributed by atoms with E-state index in [1.54, 1.807) is 11.8 Å². The zero-order valence-corrected chi connectivity index (χ0v) is 36.7. The second-order valence-electron chi connectivity index (χ2n) is 9.13. The van der Waals surface area contributed by atoms with E-state index in [0.29, 0.717) is 0 Å². The van der Waals surface area contributed by atoms with Gasteiger partial charge in [0.25, 0.3) is 0 Å². The van der Waals surface area contributed by atoms with Crippen LogP contribution in [0.2, 0.25) is 0 Å². The lowest BCUT2D eigenvalue weighted by atomic mass is 10.2. The van der Waals surface area contributed by atoms with E-state index in [4.69, 9.17) is 0 Å². The third-order valence-electron chi connectivity index (χ3n) is 5.88. The maximum absolute atomic E-state index is 2.27. The summed E-state index contributed by atoms with van der Waals surface area (Å²) in [6.45, 7) is 28.2. The standard InChI is InChI=1S/C24H19S2.2C7H8.6C2H6/c1-4-10-20(11-5-1)25-21-16-18-24(19-17-21)26(22-12-6-2-7-13-22)23-14-8-3-9-15-23;2*1-7-5-3-2-4-6-7;6*1-2/h1-19H;2*2-6H,1H3;6*1-2H3/q+1;;;;;;;;. The zero-order chi connectivity index (χ0) is 39.8. The SMILES string of the molecule is CC.CC.CC.CC.CC.CC.Cc1ccccc1.Cc1ccccc1.c1ccc(Sc2ccc([S+](c3ccccc3)c3ccccc3)cc2)cc1. The summed E-state index contributed by atoms with van der Waals surface area (Å²) in [7, 11) is -0.0786. The highest BCUT2D eigenvalue weighted by molar-refractivity contribution is 7.99. The zero-order valence-electron chi connectivity index (χ0n) is 35.1. The quantitative estimate of drug-likeness (QED) is 0.159. The molecule has 0 aliphatic carbocycles. The van der Waals surface area contributed by atoms with Gasteiger partial charge in [0.15, 0.2) is 14.7 Å². The molecule has 0 heterocycles. The Kier molecular flexibility index (Phi) is 40.1. The molecule has 0 aliphatic heterocycles. The van der Waals surface area contributed by atoms with Crippen molar-refractivity contribution in [2.75, 3.05) is 0 Å². The van der Waals surface area contributed by atoms with Crippen LogP contribution in [0.1, 0.15) is 94.2 Å². The Balaban J connectivity index is -0.000000758. The fourth-order valence-electron chi connectivity index (χ4n) is 3.86. The summed E-state index contributed by atoms with van der Waals surface area (Å²) >= 11 is 1.80. The molecule has 0 fully saturated rings. The molecule has 0 amide bonds. The van der Waals surface area contributed by atoms with E-state index in [2.05, 4.69) is 153 Å². The summed E-state index contributed by atoms with van der Waals surface area (Å²) in [4.78, 5) is 6.58. The maximum Gasteiger partial charge on any atom is 0.166 e. The minimum absolute atomic E-state index is 0.0786. The van der Waals surface area contributed by atoms with E-state index >= 15 is 0 Å². The first kappa shape index (κ1) is 52.4. The number of aryl methyl sites for hydroxylation is 2. The van der Waals surface area contributed by atoms with E-state index in [9.17, 15) is 0 Å². The molecule has 52 heavy (non-hydrogen) atoms. The van der Waals surface area contributed by atoms with Gasteiger partial charge in [-0.2, -0.15) is 0 Å². The fourth-order valence-corrected chi connectivity index (χ4v) is 6.78. The van der Waals surface area contributed by atoms with E-state index < -0.39 is 0 Å². The van der Waals surface area contributed by atoms with Gasteiger partial charge in [-0.3, -0.25) is 0 Å². The third-order valence-corrected chi connectivity index (χ3v) is 9.12. The lowest BCUT2D eigenvalue weighted by Crippen LogP contribution is -2.04. The van der Waals surface area contributed by atoms with Crippen LogP contribution in [0.15, 0.2) is 200 Å². The van der Waals surface area contributed by atoms with Crippen molar-refractivity contribution in [2.24, 2.45) is 0 Å². The number of rotatable bonds is 5. The van der Waals surface area contributed by atoms with Crippen LogP contribution >= 0.6 is 11.8 Å². The van der Waals surface area contributed by atoms with Gasteiger partial charge in [-0.1, -0.05) is 221 Å². The van der Waals surface area contributed by atoms with Gasteiger partial charge in [0.2, 0.25) is 0 Å². The Labute approximate surface area is 329 Å². The Bertz CT molecular complexity index is 1410. The molecule has 0 bridgehead atoms. The van der Waals surface area contributed by atoms with E-state index in [1.807, 2.05) is 119 Å². The van der Waals surface area contributed by atoms with Crippen molar-refractivity contribution in [2.45, 2.75) is 121 Å². The Morgan fingerprint density at radius 2 is 0.500 bits per heavy atom. The molecule has 0 N–H and O–H groups in total. The van der Waals surface area contributed by atoms with Gasteiger partial charge in [0, 0.05) is 9.79 Å². The monoisotopic (exact) mass is 735 g/mol. The van der Waals surface area contributed by atoms with Gasteiger partial charge in [-0.15, -0.1) is 0 Å². The Morgan fingerprint density at radius 3 is 0.769 bits per heavy atom. The molecule has 0 atom stereocenters. The van der Waals surface area contributed by atoms with Crippen molar-refractivity contribution < 1.29 is 0 Å². The summed E-state index contributed by atoms with van der Waals surface area (Å²) < 4.78 is 0. The first-order valence-electron chi connectivity index (χ1n) is 19.4. The molecule has 0 saturated heterocycles. The predicted octanol–water partition coefficient (Wildman–Crippen LogP) is 17.1. The van der Waals surface area contributed by atoms with Crippen LogP contribution in [-0.2, 0) is 10.9 Å². The third kappa shape index (κ3) is 24.2. The normalized spacial score (nSPS) is 8.44. The van der Waals surface area contributed by atoms with Gasteiger partial charge in [-0.05, 0) is 74.5 Å². The highest BCUT2D eigenvalue weighted by Gasteiger charge is 2.28. The smallest absolute Gasteiger partial charge is 0.0901 e. The molecular formula is C50H71S2+. The molecule has 0 spiro atoms. The molecule has 6 aromatic carbocycles. The minimum atomic E-state index is -0.0786. The molecule has 6 aromatic rings. The lowest BCUT2D eigenvalue weighted by Gasteiger charge is -2.08. The second kappa shape index (κ2) is 39.8. The van der Waals surface area contributed by atoms with Crippen LogP contribution in [-0.4, -0.2) is 0 Å². The molecule has 0 nitrogen and oxygen atoms in total. The van der Waals surface area contributed by atoms with Gasteiger partial charge >= 0.3 is 0 Å². The van der Waals surface area contributed by atoms with Crippen molar-refractivity contribution >= 4 is 22.7 Å². The van der Waals surface area contributed by atoms with Gasteiger partial charge in [0.1, 0.15) is 0 Å². The summed E-state index contributed by atoms with van der Waals surface area (Å²) in [6.07, 6.45) is 0. The summed E-state index contributed by atoms with van der Waals surface area (Å²) in [6, 6.07) is 61.6. The second-order valence-corrected chi connectivity index (χ2v) is 12.3. The van der Waals surface area contributed by atoms with E-state index in [0.717, 1.165) is 0 Å². The molecule has 0 aliphatic rings. The van der Waals surface area contributed by atoms with Crippen LogP contribution in [0, 0.1) is 13.8 Å². The van der Waals surface area contributed by atoms with E-state index in [-0.39, 0.29) is 10.9 Å². The largest absolute Gasteiger partial charge is 0.166 e. The number of hydrogen-bond donors (Lipinski definition) is 0. The van der Waals surface area contributed by atoms with Gasteiger partial charge < -0.3 is 0 Å². The van der Waals surface area contributed by atoms with Crippen molar-refractivity contribution in [1.82, 2.24) is 0 Å². The van der Waals surface area contributed by atoms with Gasteiger partial charge in [-0.25, -0.2) is 0 Å². The predicted molar refractivity (Wildman–Crippen MR) is 242 cm³/mol. The van der Waals surface area contributed by atoms with Crippen molar-refractivity contribution in [3.63, 3.8) is 0 Å². The topological polar surface area (TPSA) is 0 Å². The van der Waals surface area contributed by atoms with Crippen molar-refractivity contribution in [3.05, 3.63) is 187 Å². The first-order valence-corrected chi connectivity index (χ1v) is 21.4. The lowest BCUT2D eigenvalue weighted by molar-refractivity contribution is 1.28. The average molecular weight is 736 g/mol. The molecular weight excluding hydrogens is 665 g/mol. The van der Waals surface area contributed by atoms with Crippen molar-refractivity contribution in [1.29, 1.82) is 0 Å². The van der Waals surface area contributed by atoms with Crippen LogP contribution in [0.25, 0.3) is 0 Å². The van der Waals surface area contributed by atoms with Gasteiger partial charge in [0.05, 0.1) is 10.9 Å². The fraction of sp³-hybridized carbons (Fsp3) is 0.280. The first-order chi connectivity index (χ1) is 25.7. The van der Waals surface area contributed by atoms with Crippen molar-refractivity contribution in [3.8, 4) is 0 Å². The molecule has 2 heteroatoms. The Hall–Kier alpha value is -3.98. The summed E-state index contributed by atoms with van der Waals surface area (Å²) in [5, 5.41) is 0. The minimum Gasteiger partial charge on any atom is -0.0901 e. The van der Waals surface area contributed by atoms with Crippen LogP contribution < -0.4 is 0 Å².